The molecule has 0 bridgehead atoms. The monoisotopic (exact) mass is 445 g/mol. The number of aliphatic imine (C=N–C) groups is 1. The van der Waals surface area contributed by atoms with E-state index in [9.17, 15) is 0 Å². The van der Waals surface area contributed by atoms with Crippen molar-refractivity contribution in [2.24, 2.45) is 4.99 Å². The number of rotatable bonds is 10. The fraction of sp³-hybridized carbons (Fsp3) is 0.565. The molecule has 0 spiro atoms. The predicted octanol–water partition coefficient (Wildman–Crippen LogP) is 3.09. The van der Waals surface area contributed by atoms with Crippen LogP contribution in [0.25, 0.3) is 0 Å². The van der Waals surface area contributed by atoms with E-state index in [-0.39, 0.29) is 0 Å². The Morgan fingerprint density at radius 1 is 1.23 bits per heavy atom. The van der Waals surface area contributed by atoms with Crippen LogP contribution in [0, 0.1) is 0 Å². The van der Waals surface area contributed by atoms with E-state index in [0.717, 1.165) is 74.5 Å². The second-order valence-electron chi connectivity index (χ2n) is 7.67. The number of benzene rings is 1. The number of nitrogens with one attached hydrogen (secondary N) is 2. The first kappa shape index (κ1) is 23.3. The summed E-state index contributed by atoms with van der Waals surface area (Å²) in [6.07, 6.45) is 5.01. The smallest absolute Gasteiger partial charge is 0.191 e. The lowest BCUT2D eigenvalue weighted by Gasteiger charge is -2.19. The largest absolute Gasteiger partial charge is 0.497 e. The van der Waals surface area contributed by atoms with Crippen LogP contribution in [0.2, 0.25) is 0 Å². The first-order valence-electron chi connectivity index (χ1n) is 11.1. The molecule has 3 rings (SSSR count). The molecule has 8 heteroatoms. The van der Waals surface area contributed by atoms with Crippen LogP contribution in [-0.2, 0) is 19.4 Å². The number of ether oxygens (including phenoxy) is 2. The minimum atomic E-state index is 0.386. The van der Waals surface area contributed by atoms with E-state index in [2.05, 4.69) is 46.5 Å². The van der Waals surface area contributed by atoms with Crippen LogP contribution in [0.15, 0.2) is 29.4 Å². The Hall–Kier alpha value is -2.32. The Labute approximate surface area is 189 Å². The van der Waals surface area contributed by atoms with Crippen molar-refractivity contribution in [2.75, 3.05) is 40.4 Å². The maximum absolute atomic E-state index is 5.40. The molecule has 2 aromatic rings. The molecule has 2 N–H and O–H groups in total. The van der Waals surface area contributed by atoms with Gasteiger partial charge in [0.1, 0.15) is 11.5 Å². The Bertz CT molecular complexity index is 832. The maximum atomic E-state index is 5.40. The molecule has 1 aromatic carbocycles. The molecule has 1 saturated heterocycles. The summed E-state index contributed by atoms with van der Waals surface area (Å²) >= 11 is 1.79. The van der Waals surface area contributed by atoms with Crippen LogP contribution < -0.4 is 20.1 Å². The quantitative estimate of drug-likeness (QED) is 0.433. The van der Waals surface area contributed by atoms with Gasteiger partial charge in [0.05, 0.1) is 19.2 Å². The van der Waals surface area contributed by atoms with E-state index < -0.39 is 0 Å². The number of likely N-dealkylation sites (tertiary alicyclic amines) is 1. The van der Waals surface area contributed by atoms with Gasteiger partial charge in [0, 0.05) is 62.3 Å². The lowest BCUT2D eigenvalue weighted by atomic mass is 10.2. The summed E-state index contributed by atoms with van der Waals surface area (Å²) < 4.78 is 10.8. The fourth-order valence-electron chi connectivity index (χ4n) is 3.71. The van der Waals surface area contributed by atoms with Crippen molar-refractivity contribution in [2.45, 2.75) is 45.7 Å². The standard InChI is InChI=1S/C23H35N5O2S/c1-5-21-14-26-22(31-21)7-9-25-23(24-6-2)27-18-8-10-28(16-18)15-17-11-19(29-3)13-20(12-17)30-4/h11-14,18H,5-10,15-16H2,1-4H3,(H2,24,25,27). The number of aryl methyl sites for hydroxylation is 1. The second-order valence-corrected chi connectivity index (χ2v) is 8.87. The SMILES string of the molecule is CCNC(=NCCc1ncc(CC)s1)NC1CCN(Cc2cc(OC)cc(OC)c2)C1. The molecule has 1 unspecified atom stereocenters. The molecule has 0 aliphatic carbocycles. The predicted molar refractivity (Wildman–Crippen MR) is 128 cm³/mol. The zero-order valence-corrected chi connectivity index (χ0v) is 19.9. The Kier molecular flexibility index (Phi) is 8.97. The molecule has 1 aliphatic heterocycles. The van der Waals surface area contributed by atoms with Crippen molar-refractivity contribution in [1.82, 2.24) is 20.5 Å². The van der Waals surface area contributed by atoms with Gasteiger partial charge < -0.3 is 20.1 Å². The third-order valence-electron chi connectivity index (χ3n) is 5.32. The maximum Gasteiger partial charge on any atom is 0.191 e. The summed E-state index contributed by atoms with van der Waals surface area (Å²) in [6, 6.07) is 6.46. The zero-order valence-electron chi connectivity index (χ0n) is 19.1. The summed E-state index contributed by atoms with van der Waals surface area (Å²) in [5.41, 5.74) is 1.20. The minimum Gasteiger partial charge on any atom is -0.497 e. The minimum absolute atomic E-state index is 0.386. The zero-order chi connectivity index (χ0) is 22.1. The number of hydrogen-bond donors (Lipinski definition) is 2. The number of nitrogens with zero attached hydrogens (tertiary/aromatic N) is 3. The first-order valence-corrected chi connectivity index (χ1v) is 11.9. The van der Waals surface area contributed by atoms with Crippen molar-refractivity contribution >= 4 is 17.3 Å². The molecule has 0 amide bonds. The molecule has 0 radical (unpaired) electrons. The van der Waals surface area contributed by atoms with E-state index in [1.54, 1.807) is 25.6 Å². The van der Waals surface area contributed by atoms with Crippen LogP contribution in [0.1, 0.15) is 35.7 Å². The van der Waals surface area contributed by atoms with Gasteiger partial charge in [0.15, 0.2) is 5.96 Å². The van der Waals surface area contributed by atoms with Gasteiger partial charge in [-0.25, -0.2) is 4.98 Å². The van der Waals surface area contributed by atoms with Crippen molar-refractivity contribution in [3.63, 3.8) is 0 Å². The van der Waals surface area contributed by atoms with E-state index in [4.69, 9.17) is 14.5 Å². The molecular weight excluding hydrogens is 410 g/mol. The third-order valence-corrected chi connectivity index (χ3v) is 6.52. The Balaban J connectivity index is 1.51. The number of thiazole rings is 1. The summed E-state index contributed by atoms with van der Waals surface area (Å²) in [5, 5.41) is 8.15. The van der Waals surface area contributed by atoms with Crippen LogP contribution in [0.4, 0.5) is 0 Å². The molecule has 7 nitrogen and oxygen atoms in total. The molecule has 31 heavy (non-hydrogen) atoms. The summed E-state index contributed by atoms with van der Waals surface area (Å²) in [4.78, 5) is 13.1. The lowest BCUT2D eigenvalue weighted by molar-refractivity contribution is 0.321. The number of guanidine groups is 1. The highest BCUT2D eigenvalue weighted by atomic mass is 32.1. The highest BCUT2D eigenvalue weighted by molar-refractivity contribution is 7.11. The van der Waals surface area contributed by atoms with E-state index >= 15 is 0 Å². The van der Waals surface area contributed by atoms with Crippen LogP contribution in [-0.4, -0.2) is 62.3 Å². The number of aromatic nitrogens is 1. The molecule has 170 valence electrons. The normalized spacial score (nSPS) is 17.0. The van der Waals surface area contributed by atoms with Gasteiger partial charge in [0.2, 0.25) is 0 Å². The van der Waals surface area contributed by atoms with Crippen LogP contribution in [0.5, 0.6) is 11.5 Å². The van der Waals surface area contributed by atoms with Gasteiger partial charge >= 0.3 is 0 Å². The van der Waals surface area contributed by atoms with E-state index in [1.165, 1.54) is 10.4 Å². The van der Waals surface area contributed by atoms with Gasteiger partial charge in [-0.3, -0.25) is 9.89 Å². The third kappa shape index (κ3) is 7.11. The highest BCUT2D eigenvalue weighted by Crippen LogP contribution is 2.24. The Morgan fingerprint density at radius 3 is 2.65 bits per heavy atom. The Morgan fingerprint density at radius 2 is 2.00 bits per heavy atom. The van der Waals surface area contributed by atoms with Gasteiger partial charge in [0.25, 0.3) is 0 Å². The summed E-state index contributed by atoms with van der Waals surface area (Å²) in [6.45, 7) is 8.77. The molecule has 1 aromatic heterocycles. The van der Waals surface area contributed by atoms with Crippen molar-refractivity contribution in [3.05, 3.63) is 39.8 Å². The van der Waals surface area contributed by atoms with Crippen molar-refractivity contribution < 1.29 is 9.47 Å². The summed E-state index contributed by atoms with van der Waals surface area (Å²) in [7, 11) is 3.38. The second kappa shape index (κ2) is 11.9. The average molecular weight is 446 g/mol. The average Bonchev–Trinajstić information content (AvgIpc) is 3.42. The van der Waals surface area contributed by atoms with Gasteiger partial charge in [-0.05, 0) is 37.5 Å². The molecule has 1 atom stereocenters. The molecule has 1 aliphatic rings. The van der Waals surface area contributed by atoms with Crippen LogP contribution in [0.3, 0.4) is 0 Å². The number of methoxy groups -OCH3 is 2. The van der Waals surface area contributed by atoms with Crippen molar-refractivity contribution in [1.29, 1.82) is 0 Å². The van der Waals surface area contributed by atoms with Crippen LogP contribution >= 0.6 is 11.3 Å². The van der Waals surface area contributed by atoms with Gasteiger partial charge in [-0.1, -0.05) is 6.92 Å². The van der Waals surface area contributed by atoms with E-state index in [0.29, 0.717) is 6.04 Å². The lowest BCUT2D eigenvalue weighted by Crippen LogP contribution is -2.44. The fourth-order valence-corrected chi connectivity index (χ4v) is 4.56. The molecule has 1 fully saturated rings. The summed E-state index contributed by atoms with van der Waals surface area (Å²) in [5.74, 6) is 2.55. The van der Waals surface area contributed by atoms with E-state index in [1.807, 2.05) is 12.3 Å². The highest BCUT2D eigenvalue weighted by Gasteiger charge is 2.23. The topological polar surface area (TPSA) is 71.0 Å². The molecular formula is C23H35N5O2S. The van der Waals surface area contributed by atoms with Gasteiger partial charge in [-0.2, -0.15) is 0 Å². The first-order chi connectivity index (χ1) is 15.1. The molecule has 2 heterocycles. The van der Waals surface area contributed by atoms with Crippen molar-refractivity contribution in [3.8, 4) is 11.5 Å². The number of hydrogen-bond acceptors (Lipinski definition) is 6. The molecule has 0 saturated carbocycles. The van der Waals surface area contributed by atoms with Gasteiger partial charge in [-0.15, -0.1) is 11.3 Å².